The number of rotatable bonds is 5. The van der Waals surface area contributed by atoms with Crippen LogP contribution < -0.4 is 10.1 Å². The quantitative estimate of drug-likeness (QED) is 0.853. The number of hydrogen-bond donors (Lipinski definition) is 2. The van der Waals surface area contributed by atoms with Gasteiger partial charge in [-0.05, 0) is 25.1 Å². The molecule has 0 saturated carbocycles. The summed E-state index contributed by atoms with van der Waals surface area (Å²) in [6, 6.07) is 9.31. The topological polar surface area (TPSA) is 54.6 Å². The van der Waals surface area contributed by atoms with Crippen LogP contribution >= 0.6 is 0 Å². The second-order valence-electron chi connectivity index (χ2n) is 4.09. The SMILES string of the molecule is COc1cccc(CNC(C)c2ccco2)c1O. The van der Waals surface area contributed by atoms with E-state index in [9.17, 15) is 5.11 Å². The molecule has 0 fully saturated rings. The Morgan fingerprint density at radius 2 is 2.17 bits per heavy atom. The summed E-state index contributed by atoms with van der Waals surface area (Å²) < 4.78 is 10.4. The zero-order chi connectivity index (χ0) is 13.0. The maximum Gasteiger partial charge on any atom is 0.162 e. The summed E-state index contributed by atoms with van der Waals surface area (Å²) >= 11 is 0. The van der Waals surface area contributed by atoms with E-state index in [1.54, 1.807) is 12.3 Å². The third-order valence-corrected chi connectivity index (χ3v) is 2.87. The van der Waals surface area contributed by atoms with Crippen molar-refractivity contribution in [2.75, 3.05) is 7.11 Å². The van der Waals surface area contributed by atoms with E-state index in [2.05, 4.69) is 5.32 Å². The monoisotopic (exact) mass is 247 g/mol. The minimum atomic E-state index is 0.0885. The van der Waals surface area contributed by atoms with Crippen LogP contribution in [0.2, 0.25) is 0 Å². The van der Waals surface area contributed by atoms with Crippen molar-refractivity contribution >= 4 is 0 Å². The predicted octanol–water partition coefficient (Wildman–Crippen LogP) is 2.84. The van der Waals surface area contributed by atoms with Gasteiger partial charge in [0.25, 0.3) is 0 Å². The summed E-state index contributed by atoms with van der Waals surface area (Å²) in [5.41, 5.74) is 0.799. The van der Waals surface area contributed by atoms with Gasteiger partial charge < -0.3 is 19.6 Å². The van der Waals surface area contributed by atoms with E-state index in [1.807, 2.05) is 31.2 Å². The number of nitrogens with one attached hydrogen (secondary N) is 1. The first-order valence-electron chi connectivity index (χ1n) is 5.84. The Kier molecular flexibility index (Phi) is 3.89. The van der Waals surface area contributed by atoms with Crippen molar-refractivity contribution in [1.82, 2.24) is 5.32 Å². The number of phenolic OH excluding ortho intramolecular Hbond substituents is 1. The normalized spacial score (nSPS) is 12.3. The number of phenols is 1. The average molecular weight is 247 g/mol. The van der Waals surface area contributed by atoms with Crippen molar-refractivity contribution in [2.24, 2.45) is 0 Å². The molecule has 1 atom stereocenters. The molecular weight excluding hydrogens is 230 g/mol. The van der Waals surface area contributed by atoms with Gasteiger partial charge in [-0.2, -0.15) is 0 Å². The van der Waals surface area contributed by atoms with Gasteiger partial charge in [0.2, 0.25) is 0 Å². The lowest BCUT2D eigenvalue weighted by molar-refractivity contribution is 0.367. The van der Waals surface area contributed by atoms with Crippen molar-refractivity contribution in [3.05, 3.63) is 47.9 Å². The van der Waals surface area contributed by atoms with Crippen LogP contribution in [-0.4, -0.2) is 12.2 Å². The largest absolute Gasteiger partial charge is 0.504 e. The third-order valence-electron chi connectivity index (χ3n) is 2.87. The van der Waals surface area contributed by atoms with Gasteiger partial charge >= 0.3 is 0 Å². The van der Waals surface area contributed by atoms with Gasteiger partial charge in [-0.3, -0.25) is 0 Å². The predicted molar refractivity (Wildman–Crippen MR) is 68.6 cm³/mol. The second-order valence-corrected chi connectivity index (χ2v) is 4.09. The molecule has 0 aliphatic heterocycles. The molecule has 96 valence electrons. The molecule has 0 radical (unpaired) electrons. The highest BCUT2D eigenvalue weighted by Gasteiger charge is 2.10. The van der Waals surface area contributed by atoms with Crippen molar-refractivity contribution in [1.29, 1.82) is 0 Å². The standard InChI is InChI=1S/C14H17NO3/c1-10(12-7-4-8-18-12)15-9-11-5-3-6-13(17-2)14(11)16/h3-8,10,15-16H,9H2,1-2H3. The molecule has 18 heavy (non-hydrogen) atoms. The summed E-state index contributed by atoms with van der Waals surface area (Å²) in [7, 11) is 1.54. The lowest BCUT2D eigenvalue weighted by Gasteiger charge is -2.13. The molecular formula is C14H17NO3. The highest BCUT2D eigenvalue weighted by Crippen LogP contribution is 2.29. The number of para-hydroxylation sites is 1. The molecule has 1 aromatic carbocycles. The molecule has 0 saturated heterocycles. The Morgan fingerprint density at radius 1 is 1.33 bits per heavy atom. The lowest BCUT2D eigenvalue weighted by Crippen LogP contribution is -2.17. The van der Waals surface area contributed by atoms with Crippen LogP contribution in [0.15, 0.2) is 41.0 Å². The first-order chi connectivity index (χ1) is 8.72. The van der Waals surface area contributed by atoms with Crippen LogP contribution in [0.1, 0.15) is 24.3 Å². The number of ether oxygens (including phenoxy) is 1. The van der Waals surface area contributed by atoms with E-state index < -0.39 is 0 Å². The molecule has 0 spiro atoms. The van der Waals surface area contributed by atoms with Gasteiger partial charge in [-0.25, -0.2) is 0 Å². The maximum absolute atomic E-state index is 9.94. The minimum Gasteiger partial charge on any atom is -0.504 e. The zero-order valence-electron chi connectivity index (χ0n) is 10.5. The van der Waals surface area contributed by atoms with E-state index in [1.165, 1.54) is 7.11 Å². The molecule has 0 aliphatic rings. The second kappa shape index (κ2) is 5.60. The number of benzene rings is 1. The van der Waals surface area contributed by atoms with Crippen molar-refractivity contribution in [2.45, 2.75) is 19.5 Å². The fourth-order valence-electron chi connectivity index (χ4n) is 1.78. The Morgan fingerprint density at radius 3 is 2.83 bits per heavy atom. The first-order valence-corrected chi connectivity index (χ1v) is 5.84. The molecule has 0 aliphatic carbocycles. The summed E-state index contributed by atoms with van der Waals surface area (Å²) in [6.07, 6.45) is 1.65. The Labute approximate surface area is 106 Å². The molecule has 0 amide bonds. The molecule has 1 aromatic heterocycles. The van der Waals surface area contributed by atoms with E-state index in [0.29, 0.717) is 12.3 Å². The van der Waals surface area contributed by atoms with Crippen LogP contribution in [0.25, 0.3) is 0 Å². The molecule has 2 N–H and O–H groups in total. The number of furan rings is 1. The van der Waals surface area contributed by atoms with Crippen molar-refractivity contribution in [3.8, 4) is 11.5 Å². The van der Waals surface area contributed by atoms with Gasteiger partial charge in [0.05, 0.1) is 19.4 Å². The fourth-order valence-corrected chi connectivity index (χ4v) is 1.78. The molecule has 2 rings (SSSR count). The van der Waals surface area contributed by atoms with Gasteiger partial charge in [-0.1, -0.05) is 12.1 Å². The van der Waals surface area contributed by atoms with Gasteiger partial charge in [0.1, 0.15) is 5.76 Å². The smallest absolute Gasteiger partial charge is 0.162 e. The minimum absolute atomic E-state index is 0.0885. The summed E-state index contributed by atoms with van der Waals surface area (Å²) in [4.78, 5) is 0. The molecule has 0 bridgehead atoms. The average Bonchev–Trinajstić information content (AvgIpc) is 2.91. The number of hydrogen-bond acceptors (Lipinski definition) is 4. The van der Waals surface area contributed by atoms with E-state index in [-0.39, 0.29) is 11.8 Å². The van der Waals surface area contributed by atoms with Crippen LogP contribution in [0.5, 0.6) is 11.5 Å². The van der Waals surface area contributed by atoms with Crippen molar-refractivity contribution in [3.63, 3.8) is 0 Å². The van der Waals surface area contributed by atoms with Crippen LogP contribution in [0.4, 0.5) is 0 Å². The van der Waals surface area contributed by atoms with Crippen LogP contribution in [-0.2, 0) is 6.54 Å². The number of methoxy groups -OCH3 is 1. The van der Waals surface area contributed by atoms with Crippen LogP contribution in [0, 0.1) is 0 Å². The molecule has 1 unspecified atom stereocenters. The lowest BCUT2D eigenvalue weighted by atomic mass is 10.1. The molecule has 4 heteroatoms. The van der Waals surface area contributed by atoms with Crippen molar-refractivity contribution < 1.29 is 14.3 Å². The summed E-state index contributed by atoms with van der Waals surface area (Å²) in [5.74, 6) is 1.54. The molecule has 1 heterocycles. The Balaban J connectivity index is 2.02. The number of aromatic hydroxyl groups is 1. The fraction of sp³-hybridized carbons (Fsp3) is 0.286. The zero-order valence-corrected chi connectivity index (χ0v) is 10.5. The first kappa shape index (κ1) is 12.5. The molecule has 2 aromatic rings. The highest BCUT2D eigenvalue weighted by atomic mass is 16.5. The van der Waals surface area contributed by atoms with Gasteiger partial charge in [0.15, 0.2) is 11.5 Å². The Bertz CT molecular complexity index is 494. The highest BCUT2D eigenvalue weighted by molar-refractivity contribution is 5.45. The third kappa shape index (κ3) is 2.65. The molecule has 4 nitrogen and oxygen atoms in total. The van der Waals surface area contributed by atoms with E-state index >= 15 is 0 Å². The van der Waals surface area contributed by atoms with E-state index in [0.717, 1.165) is 11.3 Å². The summed E-state index contributed by atoms with van der Waals surface area (Å²) in [5, 5.41) is 13.2. The van der Waals surface area contributed by atoms with Gasteiger partial charge in [-0.15, -0.1) is 0 Å². The summed E-state index contributed by atoms with van der Waals surface area (Å²) in [6.45, 7) is 2.56. The maximum atomic E-state index is 9.94. The van der Waals surface area contributed by atoms with Crippen LogP contribution in [0.3, 0.4) is 0 Å². The van der Waals surface area contributed by atoms with E-state index in [4.69, 9.17) is 9.15 Å². The van der Waals surface area contributed by atoms with Gasteiger partial charge in [0, 0.05) is 12.1 Å². The Hall–Kier alpha value is -1.94.